The molecule has 0 saturated carbocycles. The van der Waals surface area contributed by atoms with Gasteiger partial charge in [-0.1, -0.05) is 17.7 Å². The topological polar surface area (TPSA) is 65.0 Å². The van der Waals surface area contributed by atoms with Gasteiger partial charge in [0.15, 0.2) is 0 Å². The Labute approximate surface area is 113 Å². The van der Waals surface area contributed by atoms with Gasteiger partial charge in [-0.05, 0) is 23.7 Å². The first-order chi connectivity index (χ1) is 8.66. The van der Waals surface area contributed by atoms with Crippen molar-refractivity contribution < 1.29 is 9.53 Å². The molecule has 0 aromatic carbocycles. The molecule has 0 spiro atoms. The first-order valence-electron chi connectivity index (χ1n) is 4.92. The maximum absolute atomic E-state index is 11.6. The van der Waals surface area contributed by atoms with Crippen molar-refractivity contribution in [2.24, 2.45) is 0 Å². The van der Waals surface area contributed by atoms with Gasteiger partial charge in [-0.15, -0.1) is 0 Å². The SMILES string of the molecule is O=C(OCc1nc(Cl)ncc1Cl)c1ccccn1. The Morgan fingerprint density at radius 1 is 1.28 bits per heavy atom. The molecule has 0 aliphatic rings. The number of ether oxygens (including phenoxy) is 1. The van der Waals surface area contributed by atoms with E-state index in [4.69, 9.17) is 27.9 Å². The molecule has 7 heteroatoms. The second-order valence-corrected chi connectivity index (χ2v) is 3.97. The maximum atomic E-state index is 11.6. The first-order valence-corrected chi connectivity index (χ1v) is 5.67. The lowest BCUT2D eigenvalue weighted by molar-refractivity contribution is 0.0461. The molecule has 92 valence electrons. The monoisotopic (exact) mass is 283 g/mol. The summed E-state index contributed by atoms with van der Waals surface area (Å²) in [6.45, 7) is -0.0868. The molecule has 0 atom stereocenters. The van der Waals surface area contributed by atoms with Crippen molar-refractivity contribution in [1.29, 1.82) is 0 Å². The predicted molar refractivity (Wildman–Crippen MR) is 65.4 cm³/mol. The van der Waals surface area contributed by atoms with E-state index in [1.54, 1.807) is 18.2 Å². The fourth-order valence-corrected chi connectivity index (χ4v) is 1.47. The quantitative estimate of drug-likeness (QED) is 0.640. The largest absolute Gasteiger partial charge is 0.454 e. The summed E-state index contributed by atoms with van der Waals surface area (Å²) in [4.78, 5) is 23.0. The van der Waals surface area contributed by atoms with E-state index >= 15 is 0 Å². The number of carbonyl (C=O) groups excluding carboxylic acids is 1. The van der Waals surface area contributed by atoms with Crippen molar-refractivity contribution in [3.05, 3.63) is 52.3 Å². The Bertz CT molecular complexity index is 563. The molecule has 0 unspecified atom stereocenters. The molecule has 0 aliphatic heterocycles. The molecule has 0 radical (unpaired) electrons. The van der Waals surface area contributed by atoms with Crippen LogP contribution in [0.4, 0.5) is 0 Å². The normalized spacial score (nSPS) is 10.1. The van der Waals surface area contributed by atoms with Crippen molar-refractivity contribution >= 4 is 29.2 Å². The fraction of sp³-hybridized carbons (Fsp3) is 0.0909. The van der Waals surface area contributed by atoms with Crippen LogP contribution in [0.5, 0.6) is 0 Å². The number of hydrogen-bond donors (Lipinski definition) is 0. The summed E-state index contributed by atoms with van der Waals surface area (Å²) in [5.41, 5.74) is 0.565. The van der Waals surface area contributed by atoms with E-state index in [-0.39, 0.29) is 22.6 Å². The highest BCUT2D eigenvalue weighted by Crippen LogP contribution is 2.15. The number of rotatable bonds is 3. The van der Waals surface area contributed by atoms with Crippen LogP contribution in [0.3, 0.4) is 0 Å². The van der Waals surface area contributed by atoms with Crippen LogP contribution in [0.2, 0.25) is 10.3 Å². The molecule has 0 saturated heterocycles. The number of carbonyl (C=O) groups is 1. The highest BCUT2D eigenvalue weighted by molar-refractivity contribution is 6.31. The van der Waals surface area contributed by atoms with E-state index in [9.17, 15) is 4.79 Å². The van der Waals surface area contributed by atoms with E-state index in [2.05, 4.69) is 15.0 Å². The van der Waals surface area contributed by atoms with Crippen LogP contribution in [-0.2, 0) is 11.3 Å². The van der Waals surface area contributed by atoms with Gasteiger partial charge in [-0.25, -0.2) is 19.7 Å². The fourth-order valence-electron chi connectivity index (χ4n) is 1.17. The zero-order chi connectivity index (χ0) is 13.0. The van der Waals surface area contributed by atoms with Gasteiger partial charge >= 0.3 is 5.97 Å². The van der Waals surface area contributed by atoms with E-state index < -0.39 is 5.97 Å². The number of aromatic nitrogens is 3. The predicted octanol–water partition coefficient (Wildman–Crippen LogP) is 2.54. The third-order valence-corrected chi connectivity index (χ3v) is 2.50. The smallest absolute Gasteiger partial charge is 0.357 e. The second kappa shape index (κ2) is 5.75. The summed E-state index contributed by atoms with van der Waals surface area (Å²) in [5, 5.41) is 0.330. The molecule has 0 aliphatic carbocycles. The number of esters is 1. The van der Waals surface area contributed by atoms with Crippen molar-refractivity contribution in [3.63, 3.8) is 0 Å². The Hall–Kier alpha value is -1.72. The van der Waals surface area contributed by atoms with Gasteiger partial charge in [0.1, 0.15) is 18.0 Å². The van der Waals surface area contributed by atoms with E-state index in [1.165, 1.54) is 12.4 Å². The molecule has 18 heavy (non-hydrogen) atoms. The van der Waals surface area contributed by atoms with Gasteiger partial charge in [-0.3, -0.25) is 0 Å². The lowest BCUT2D eigenvalue weighted by Crippen LogP contribution is -2.08. The number of halogens is 2. The summed E-state index contributed by atoms with van der Waals surface area (Å²) in [7, 11) is 0. The molecule has 0 fully saturated rings. The van der Waals surface area contributed by atoms with Crippen molar-refractivity contribution in [1.82, 2.24) is 15.0 Å². The lowest BCUT2D eigenvalue weighted by atomic mass is 10.3. The minimum Gasteiger partial charge on any atom is -0.454 e. The van der Waals surface area contributed by atoms with E-state index in [0.717, 1.165) is 0 Å². The van der Waals surface area contributed by atoms with E-state index in [0.29, 0.717) is 5.69 Å². The molecule has 2 heterocycles. The van der Waals surface area contributed by atoms with Gasteiger partial charge in [-0.2, -0.15) is 0 Å². The van der Waals surface area contributed by atoms with Gasteiger partial charge in [0, 0.05) is 6.20 Å². The average molecular weight is 284 g/mol. The Kier molecular flexibility index (Phi) is 4.07. The summed E-state index contributed by atoms with van der Waals surface area (Å²) < 4.78 is 5.02. The zero-order valence-electron chi connectivity index (χ0n) is 9.01. The van der Waals surface area contributed by atoms with Gasteiger partial charge < -0.3 is 4.74 Å². The Balaban J connectivity index is 2.04. The minimum atomic E-state index is -0.554. The van der Waals surface area contributed by atoms with E-state index in [1.807, 2.05) is 0 Å². The zero-order valence-corrected chi connectivity index (χ0v) is 10.5. The molecule has 0 amide bonds. The van der Waals surface area contributed by atoms with Crippen LogP contribution in [0, 0.1) is 0 Å². The van der Waals surface area contributed by atoms with Crippen molar-refractivity contribution in [3.8, 4) is 0 Å². The maximum Gasteiger partial charge on any atom is 0.357 e. The molecule has 2 rings (SSSR count). The first kappa shape index (κ1) is 12.7. The van der Waals surface area contributed by atoms with Crippen LogP contribution in [0.15, 0.2) is 30.6 Å². The van der Waals surface area contributed by atoms with Gasteiger partial charge in [0.05, 0.1) is 11.2 Å². The van der Waals surface area contributed by atoms with Gasteiger partial charge in [0.2, 0.25) is 5.28 Å². The summed E-state index contributed by atoms with van der Waals surface area (Å²) in [6.07, 6.45) is 2.85. The van der Waals surface area contributed by atoms with Crippen molar-refractivity contribution in [2.45, 2.75) is 6.61 Å². The third kappa shape index (κ3) is 3.15. The minimum absolute atomic E-state index is 0.0447. The standard InChI is InChI=1S/C11H7Cl2N3O2/c12-7-5-15-11(13)16-9(7)6-18-10(17)8-3-1-2-4-14-8/h1-5H,6H2. The lowest BCUT2D eigenvalue weighted by Gasteiger charge is -2.05. The van der Waals surface area contributed by atoms with Crippen LogP contribution in [0.1, 0.15) is 16.2 Å². The summed E-state index contributed by atoms with van der Waals surface area (Å²) >= 11 is 11.5. The Morgan fingerprint density at radius 2 is 2.11 bits per heavy atom. The molecule has 0 N–H and O–H groups in total. The third-order valence-electron chi connectivity index (χ3n) is 2.00. The van der Waals surface area contributed by atoms with Crippen molar-refractivity contribution in [2.75, 3.05) is 0 Å². The molecule has 2 aromatic heterocycles. The molecule has 2 aromatic rings. The average Bonchev–Trinajstić information content (AvgIpc) is 2.40. The summed E-state index contributed by atoms with van der Waals surface area (Å²) in [5.74, 6) is -0.554. The van der Waals surface area contributed by atoms with Gasteiger partial charge in [0.25, 0.3) is 0 Å². The molecular weight excluding hydrogens is 277 g/mol. The number of pyridine rings is 1. The molecule has 0 bridgehead atoms. The molecular formula is C11H7Cl2N3O2. The molecule has 5 nitrogen and oxygen atoms in total. The number of hydrogen-bond acceptors (Lipinski definition) is 5. The Morgan fingerprint density at radius 3 is 2.83 bits per heavy atom. The van der Waals surface area contributed by atoms with Crippen LogP contribution < -0.4 is 0 Å². The highest BCUT2D eigenvalue weighted by atomic mass is 35.5. The van der Waals surface area contributed by atoms with Crippen LogP contribution in [-0.4, -0.2) is 20.9 Å². The van der Waals surface area contributed by atoms with Crippen LogP contribution >= 0.6 is 23.2 Å². The van der Waals surface area contributed by atoms with Crippen LogP contribution in [0.25, 0.3) is 0 Å². The highest BCUT2D eigenvalue weighted by Gasteiger charge is 2.11. The second-order valence-electron chi connectivity index (χ2n) is 3.22. The number of nitrogens with zero attached hydrogens (tertiary/aromatic N) is 3. The summed E-state index contributed by atoms with van der Waals surface area (Å²) in [6, 6.07) is 4.95.